The largest absolute Gasteiger partial charge is 0.370 e. The quantitative estimate of drug-likeness (QED) is 0.821. The van der Waals surface area contributed by atoms with Gasteiger partial charge < -0.3 is 10.6 Å². The fraction of sp³-hybridized carbons (Fsp3) is 0.444. The van der Waals surface area contributed by atoms with Gasteiger partial charge in [0.2, 0.25) is 11.8 Å². The molecule has 4 heteroatoms. The molecule has 1 aromatic carbocycles. The molecular formula is C18H24N2O2. The van der Waals surface area contributed by atoms with Crippen molar-refractivity contribution in [3.8, 4) is 0 Å². The van der Waals surface area contributed by atoms with Crippen LogP contribution in [0.25, 0.3) is 0 Å². The lowest BCUT2D eigenvalue weighted by Crippen LogP contribution is -2.32. The fourth-order valence-corrected chi connectivity index (χ4v) is 2.73. The average molecular weight is 300 g/mol. The third kappa shape index (κ3) is 5.35. The zero-order valence-corrected chi connectivity index (χ0v) is 13.0. The zero-order chi connectivity index (χ0) is 15.8. The third-order valence-electron chi connectivity index (χ3n) is 3.98. The molecule has 2 amide bonds. The van der Waals surface area contributed by atoms with Gasteiger partial charge in [-0.15, -0.1) is 0 Å². The van der Waals surface area contributed by atoms with Gasteiger partial charge in [0.15, 0.2) is 0 Å². The third-order valence-corrected chi connectivity index (χ3v) is 3.98. The van der Waals surface area contributed by atoms with E-state index in [0.717, 1.165) is 18.4 Å². The van der Waals surface area contributed by atoms with Gasteiger partial charge in [-0.2, -0.15) is 0 Å². The standard InChI is InChI=1S/C18H24N2O2/c19-17(21)11-12-20(14-16-9-5-2-6-10-16)18(22)13-15-7-3-1-4-8-15/h2,5-6,9-10,13H,1,3-4,7-8,11-12,14H2,(H2,19,21). The van der Waals surface area contributed by atoms with Gasteiger partial charge in [0.1, 0.15) is 0 Å². The monoisotopic (exact) mass is 300 g/mol. The summed E-state index contributed by atoms with van der Waals surface area (Å²) in [6.45, 7) is 0.879. The number of amides is 2. The number of benzene rings is 1. The highest BCUT2D eigenvalue weighted by Crippen LogP contribution is 2.23. The Balaban J connectivity index is 2.05. The fourth-order valence-electron chi connectivity index (χ4n) is 2.73. The van der Waals surface area contributed by atoms with Crippen LogP contribution >= 0.6 is 0 Å². The summed E-state index contributed by atoms with van der Waals surface area (Å²) in [5, 5.41) is 0. The summed E-state index contributed by atoms with van der Waals surface area (Å²) in [7, 11) is 0. The molecule has 22 heavy (non-hydrogen) atoms. The van der Waals surface area contributed by atoms with Crippen molar-refractivity contribution in [2.75, 3.05) is 6.54 Å². The van der Waals surface area contributed by atoms with Gasteiger partial charge in [0.05, 0.1) is 0 Å². The number of hydrogen-bond donors (Lipinski definition) is 1. The number of rotatable bonds is 6. The molecule has 0 spiro atoms. The minimum absolute atomic E-state index is 0.0120. The van der Waals surface area contributed by atoms with Gasteiger partial charge in [-0.05, 0) is 31.2 Å². The Labute approximate surface area is 132 Å². The summed E-state index contributed by atoms with van der Waals surface area (Å²) in [6, 6.07) is 9.82. The highest BCUT2D eigenvalue weighted by atomic mass is 16.2. The predicted octanol–water partition coefficient (Wildman–Crippen LogP) is 2.78. The number of carbonyl (C=O) groups is 2. The summed E-state index contributed by atoms with van der Waals surface area (Å²) in [5.41, 5.74) is 7.51. The first-order valence-corrected chi connectivity index (χ1v) is 7.96. The molecule has 1 saturated carbocycles. The molecule has 1 aromatic rings. The predicted molar refractivity (Wildman–Crippen MR) is 86.8 cm³/mol. The first kappa shape index (κ1) is 16.3. The van der Waals surface area contributed by atoms with E-state index in [2.05, 4.69) is 0 Å². The van der Waals surface area contributed by atoms with Crippen molar-refractivity contribution in [2.24, 2.45) is 5.73 Å². The van der Waals surface area contributed by atoms with Crippen LogP contribution in [0.4, 0.5) is 0 Å². The molecular weight excluding hydrogens is 276 g/mol. The lowest BCUT2D eigenvalue weighted by atomic mass is 9.94. The zero-order valence-electron chi connectivity index (χ0n) is 13.0. The average Bonchev–Trinajstić information content (AvgIpc) is 2.53. The molecule has 1 fully saturated rings. The van der Waals surface area contributed by atoms with Crippen molar-refractivity contribution in [3.63, 3.8) is 0 Å². The molecule has 0 unspecified atom stereocenters. The Hall–Kier alpha value is -2.10. The van der Waals surface area contributed by atoms with Gasteiger partial charge in [0.25, 0.3) is 0 Å². The number of nitrogens with zero attached hydrogens (tertiary/aromatic N) is 1. The van der Waals surface area contributed by atoms with E-state index in [1.165, 1.54) is 24.8 Å². The SMILES string of the molecule is NC(=O)CCN(Cc1ccccc1)C(=O)C=C1CCCCC1. The molecule has 0 saturated heterocycles. The second-order valence-corrected chi connectivity index (χ2v) is 5.82. The molecule has 0 radical (unpaired) electrons. The van der Waals surface area contributed by atoms with E-state index >= 15 is 0 Å². The van der Waals surface area contributed by atoms with Crippen LogP contribution in [0.1, 0.15) is 44.1 Å². The molecule has 118 valence electrons. The van der Waals surface area contributed by atoms with E-state index in [1.54, 1.807) is 11.0 Å². The van der Waals surface area contributed by atoms with Crippen molar-refractivity contribution in [1.29, 1.82) is 0 Å². The highest BCUT2D eigenvalue weighted by Gasteiger charge is 2.15. The molecule has 4 nitrogen and oxygen atoms in total. The summed E-state index contributed by atoms with van der Waals surface area (Å²) < 4.78 is 0. The smallest absolute Gasteiger partial charge is 0.246 e. The van der Waals surface area contributed by atoms with E-state index in [1.807, 2.05) is 30.3 Å². The molecule has 0 aliphatic heterocycles. The van der Waals surface area contributed by atoms with E-state index in [-0.39, 0.29) is 18.2 Å². The first-order chi connectivity index (χ1) is 10.6. The summed E-state index contributed by atoms with van der Waals surface area (Å²) in [6.07, 6.45) is 7.57. The maximum atomic E-state index is 12.5. The van der Waals surface area contributed by atoms with Crippen molar-refractivity contribution in [1.82, 2.24) is 4.90 Å². The second-order valence-electron chi connectivity index (χ2n) is 5.82. The lowest BCUT2D eigenvalue weighted by molar-refractivity contribution is -0.127. The molecule has 0 heterocycles. The van der Waals surface area contributed by atoms with Crippen LogP contribution in [0.2, 0.25) is 0 Å². The van der Waals surface area contributed by atoms with Crippen molar-refractivity contribution in [3.05, 3.63) is 47.5 Å². The number of carbonyl (C=O) groups excluding carboxylic acids is 2. The van der Waals surface area contributed by atoms with E-state index in [4.69, 9.17) is 5.73 Å². The normalized spacial score (nSPS) is 14.5. The van der Waals surface area contributed by atoms with Crippen LogP contribution < -0.4 is 5.73 Å². The number of nitrogens with two attached hydrogens (primary N) is 1. The van der Waals surface area contributed by atoms with E-state index in [9.17, 15) is 9.59 Å². The van der Waals surface area contributed by atoms with Crippen LogP contribution in [-0.2, 0) is 16.1 Å². The second kappa shape index (κ2) is 8.37. The molecule has 0 atom stereocenters. The van der Waals surface area contributed by atoms with Gasteiger partial charge in [-0.25, -0.2) is 0 Å². The maximum Gasteiger partial charge on any atom is 0.246 e. The van der Waals surface area contributed by atoms with Crippen LogP contribution in [0, 0.1) is 0 Å². The number of allylic oxidation sites excluding steroid dienone is 1. The lowest BCUT2D eigenvalue weighted by Gasteiger charge is -2.22. The molecule has 2 rings (SSSR count). The minimum atomic E-state index is -0.379. The van der Waals surface area contributed by atoms with Gasteiger partial charge in [-0.1, -0.05) is 42.3 Å². The van der Waals surface area contributed by atoms with E-state index < -0.39 is 0 Å². The Morgan fingerprint density at radius 3 is 2.41 bits per heavy atom. The summed E-state index contributed by atoms with van der Waals surface area (Å²) in [4.78, 5) is 25.3. The van der Waals surface area contributed by atoms with Crippen molar-refractivity contribution in [2.45, 2.75) is 45.1 Å². The maximum absolute atomic E-state index is 12.5. The Morgan fingerprint density at radius 1 is 1.09 bits per heavy atom. The Morgan fingerprint density at radius 2 is 1.77 bits per heavy atom. The Kier molecular flexibility index (Phi) is 6.19. The molecule has 1 aliphatic carbocycles. The first-order valence-electron chi connectivity index (χ1n) is 7.96. The van der Waals surface area contributed by atoms with Crippen LogP contribution in [0.15, 0.2) is 42.0 Å². The number of hydrogen-bond acceptors (Lipinski definition) is 2. The Bertz CT molecular complexity index is 529. The minimum Gasteiger partial charge on any atom is -0.370 e. The van der Waals surface area contributed by atoms with Crippen LogP contribution in [-0.4, -0.2) is 23.3 Å². The van der Waals surface area contributed by atoms with Gasteiger partial charge >= 0.3 is 0 Å². The molecule has 0 aromatic heterocycles. The van der Waals surface area contributed by atoms with Crippen LogP contribution in [0.3, 0.4) is 0 Å². The summed E-state index contributed by atoms with van der Waals surface area (Å²) in [5.74, 6) is -0.391. The molecule has 2 N–H and O–H groups in total. The van der Waals surface area contributed by atoms with Crippen LogP contribution in [0.5, 0.6) is 0 Å². The van der Waals surface area contributed by atoms with Crippen molar-refractivity contribution < 1.29 is 9.59 Å². The van der Waals surface area contributed by atoms with Crippen molar-refractivity contribution >= 4 is 11.8 Å². The highest BCUT2D eigenvalue weighted by molar-refractivity contribution is 5.88. The van der Waals surface area contributed by atoms with E-state index in [0.29, 0.717) is 13.1 Å². The topological polar surface area (TPSA) is 63.4 Å². The molecule has 1 aliphatic rings. The van der Waals surface area contributed by atoms with Gasteiger partial charge in [0, 0.05) is 25.6 Å². The van der Waals surface area contributed by atoms with Gasteiger partial charge in [-0.3, -0.25) is 9.59 Å². The molecule has 0 bridgehead atoms. The summed E-state index contributed by atoms with van der Waals surface area (Å²) >= 11 is 0. The number of primary amides is 1.